The van der Waals surface area contributed by atoms with Crippen LogP contribution in [0.25, 0.3) is 0 Å². The molecular weight excluding hydrogens is 164 g/mol. The van der Waals surface area contributed by atoms with Crippen LogP contribution >= 0.6 is 0 Å². The number of hydrogen-bond acceptors (Lipinski definition) is 2. The highest BCUT2D eigenvalue weighted by Crippen LogP contribution is 2.15. The summed E-state index contributed by atoms with van der Waals surface area (Å²) in [5, 5.41) is 3.25. The molecule has 0 radical (unpaired) electrons. The quantitative estimate of drug-likeness (QED) is 0.690. The molecule has 0 aromatic heterocycles. The van der Waals surface area contributed by atoms with Gasteiger partial charge in [-0.2, -0.15) is 0 Å². The number of rotatable bonds is 2. The zero-order chi connectivity index (χ0) is 10.0. The number of hydrogen-bond donors (Lipinski definition) is 1. The third-order valence-electron chi connectivity index (χ3n) is 2.77. The highest BCUT2D eigenvalue weighted by Gasteiger charge is 2.29. The topological polar surface area (TPSA) is 32.3 Å². The molecule has 3 heteroatoms. The Hall–Kier alpha value is -0.570. The first-order valence-electron chi connectivity index (χ1n) is 5.02. The second-order valence-electron chi connectivity index (χ2n) is 4.34. The van der Waals surface area contributed by atoms with Crippen molar-refractivity contribution in [3.63, 3.8) is 0 Å². The van der Waals surface area contributed by atoms with Crippen molar-refractivity contribution >= 4 is 5.91 Å². The van der Waals surface area contributed by atoms with E-state index in [0.717, 1.165) is 13.0 Å². The number of amides is 1. The van der Waals surface area contributed by atoms with Crippen molar-refractivity contribution in [1.29, 1.82) is 0 Å². The van der Waals surface area contributed by atoms with Crippen LogP contribution in [0.2, 0.25) is 0 Å². The average Bonchev–Trinajstić information content (AvgIpc) is 2.49. The standard InChI is InChI=1S/C10H20N2O/c1-7(2)12(4)10(13)9-5-8(3)6-11-9/h7-9,11H,5-6H2,1-4H3/t8?,9-/m0/s1. The first-order valence-corrected chi connectivity index (χ1v) is 5.02. The minimum atomic E-state index is 0.0578. The summed E-state index contributed by atoms with van der Waals surface area (Å²) in [6.07, 6.45) is 0.982. The minimum Gasteiger partial charge on any atom is -0.342 e. The van der Waals surface area contributed by atoms with Crippen molar-refractivity contribution in [3.05, 3.63) is 0 Å². The fraction of sp³-hybridized carbons (Fsp3) is 0.900. The Morgan fingerprint density at radius 1 is 1.54 bits per heavy atom. The largest absolute Gasteiger partial charge is 0.342 e. The predicted octanol–water partition coefficient (Wildman–Crippen LogP) is 0.851. The molecule has 1 saturated heterocycles. The Morgan fingerprint density at radius 2 is 2.15 bits per heavy atom. The molecule has 0 bridgehead atoms. The van der Waals surface area contributed by atoms with E-state index in [1.165, 1.54) is 0 Å². The van der Waals surface area contributed by atoms with Gasteiger partial charge >= 0.3 is 0 Å². The zero-order valence-corrected chi connectivity index (χ0v) is 9.00. The van der Waals surface area contributed by atoms with Crippen LogP contribution in [0.5, 0.6) is 0 Å². The van der Waals surface area contributed by atoms with E-state index in [1.54, 1.807) is 0 Å². The first kappa shape index (κ1) is 10.5. The molecule has 13 heavy (non-hydrogen) atoms. The van der Waals surface area contributed by atoms with E-state index in [1.807, 2.05) is 25.8 Å². The summed E-state index contributed by atoms with van der Waals surface area (Å²) in [7, 11) is 1.87. The van der Waals surface area contributed by atoms with E-state index >= 15 is 0 Å². The number of carbonyl (C=O) groups excluding carboxylic acids is 1. The molecule has 2 atom stereocenters. The lowest BCUT2D eigenvalue weighted by atomic mass is 10.1. The van der Waals surface area contributed by atoms with Crippen LogP contribution in [0.15, 0.2) is 0 Å². The van der Waals surface area contributed by atoms with Crippen molar-refractivity contribution < 1.29 is 4.79 Å². The molecule has 0 spiro atoms. The van der Waals surface area contributed by atoms with Crippen molar-refractivity contribution in [2.45, 2.75) is 39.3 Å². The fourth-order valence-corrected chi connectivity index (χ4v) is 1.60. The Kier molecular flexibility index (Phi) is 3.31. The highest BCUT2D eigenvalue weighted by molar-refractivity contribution is 5.82. The van der Waals surface area contributed by atoms with E-state index < -0.39 is 0 Å². The summed E-state index contributed by atoms with van der Waals surface area (Å²) >= 11 is 0. The molecule has 0 aromatic carbocycles. The molecule has 1 heterocycles. The van der Waals surface area contributed by atoms with Crippen molar-refractivity contribution in [2.24, 2.45) is 5.92 Å². The Labute approximate surface area is 80.5 Å². The predicted molar refractivity (Wildman–Crippen MR) is 53.5 cm³/mol. The average molecular weight is 184 g/mol. The van der Waals surface area contributed by atoms with Gasteiger partial charge in [0.15, 0.2) is 0 Å². The van der Waals surface area contributed by atoms with Gasteiger partial charge in [0.1, 0.15) is 0 Å². The van der Waals surface area contributed by atoms with Crippen LogP contribution < -0.4 is 5.32 Å². The van der Waals surface area contributed by atoms with E-state index in [2.05, 4.69) is 12.2 Å². The molecule has 1 unspecified atom stereocenters. The van der Waals surface area contributed by atoms with Crippen LogP contribution in [-0.2, 0) is 4.79 Å². The number of carbonyl (C=O) groups is 1. The number of nitrogens with zero attached hydrogens (tertiary/aromatic N) is 1. The monoisotopic (exact) mass is 184 g/mol. The Bertz CT molecular complexity index is 191. The molecule has 0 aliphatic carbocycles. The number of likely N-dealkylation sites (N-methyl/N-ethyl adjacent to an activating group) is 1. The molecule has 3 nitrogen and oxygen atoms in total. The smallest absolute Gasteiger partial charge is 0.239 e. The van der Waals surface area contributed by atoms with Gasteiger partial charge in [-0.15, -0.1) is 0 Å². The summed E-state index contributed by atoms with van der Waals surface area (Å²) in [6, 6.07) is 0.354. The normalized spacial score (nSPS) is 28.1. The van der Waals surface area contributed by atoms with Crippen LogP contribution in [0.1, 0.15) is 27.2 Å². The van der Waals surface area contributed by atoms with Gasteiger partial charge in [0.05, 0.1) is 6.04 Å². The Morgan fingerprint density at radius 3 is 2.54 bits per heavy atom. The molecule has 76 valence electrons. The van der Waals surface area contributed by atoms with Crippen molar-refractivity contribution in [3.8, 4) is 0 Å². The van der Waals surface area contributed by atoms with E-state index in [9.17, 15) is 4.79 Å². The van der Waals surface area contributed by atoms with E-state index in [0.29, 0.717) is 12.0 Å². The Balaban J connectivity index is 2.48. The zero-order valence-electron chi connectivity index (χ0n) is 9.00. The maximum Gasteiger partial charge on any atom is 0.239 e. The second-order valence-corrected chi connectivity index (χ2v) is 4.34. The van der Waals surface area contributed by atoms with Gasteiger partial charge in [0, 0.05) is 13.1 Å². The van der Waals surface area contributed by atoms with Crippen LogP contribution in [-0.4, -0.2) is 36.5 Å². The molecule has 1 aliphatic rings. The van der Waals surface area contributed by atoms with Gasteiger partial charge in [-0.3, -0.25) is 4.79 Å². The van der Waals surface area contributed by atoms with Gasteiger partial charge in [0.25, 0.3) is 0 Å². The summed E-state index contributed by atoms with van der Waals surface area (Å²) in [5.74, 6) is 0.869. The van der Waals surface area contributed by atoms with Gasteiger partial charge in [0.2, 0.25) is 5.91 Å². The van der Waals surface area contributed by atoms with E-state index in [-0.39, 0.29) is 11.9 Å². The lowest BCUT2D eigenvalue weighted by Crippen LogP contribution is -2.44. The summed E-state index contributed by atoms with van der Waals surface area (Å²) in [6.45, 7) is 7.23. The van der Waals surface area contributed by atoms with E-state index in [4.69, 9.17) is 0 Å². The van der Waals surface area contributed by atoms with Crippen LogP contribution in [0.4, 0.5) is 0 Å². The molecule has 1 N–H and O–H groups in total. The minimum absolute atomic E-state index is 0.0578. The summed E-state index contributed by atoms with van der Waals surface area (Å²) < 4.78 is 0. The van der Waals surface area contributed by atoms with Gasteiger partial charge in [-0.05, 0) is 32.7 Å². The number of nitrogens with one attached hydrogen (secondary N) is 1. The summed E-state index contributed by atoms with van der Waals surface area (Å²) in [4.78, 5) is 13.6. The lowest BCUT2D eigenvalue weighted by molar-refractivity contribution is -0.133. The first-order chi connectivity index (χ1) is 6.02. The fourth-order valence-electron chi connectivity index (χ4n) is 1.60. The molecule has 1 rings (SSSR count). The SMILES string of the molecule is CC1CN[C@H](C(=O)N(C)C(C)C)C1. The molecule has 0 aromatic rings. The maximum atomic E-state index is 11.8. The molecular formula is C10H20N2O. The van der Waals surface area contributed by atoms with Crippen LogP contribution in [0.3, 0.4) is 0 Å². The van der Waals surface area contributed by atoms with Gasteiger partial charge in [-0.25, -0.2) is 0 Å². The third kappa shape index (κ3) is 2.44. The van der Waals surface area contributed by atoms with Gasteiger partial charge in [-0.1, -0.05) is 6.92 Å². The lowest BCUT2D eigenvalue weighted by Gasteiger charge is -2.24. The molecule has 1 fully saturated rings. The van der Waals surface area contributed by atoms with Crippen molar-refractivity contribution in [1.82, 2.24) is 10.2 Å². The molecule has 1 amide bonds. The summed E-state index contributed by atoms with van der Waals surface area (Å²) in [5.41, 5.74) is 0. The second kappa shape index (κ2) is 4.09. The van der Waals surface area contributed by atoms with Gasteiger partial charge < -0.3 is 10.2 Å². The van der Waals surface area contributed by atoms with Crippen molar-refractivity contribution in [2.75, 3.05) is 13.6 Å². The van der Waals surface area contributed by atoms with Crippen LogP contribution in [0, 0.1) is 5.92 Å². The molecule has 0 saturated carbocycles. The molecule has 1 aliphatic heterocycles. The highest BCUT2D eigenvalue weighted by atomic mass is 16.2. The maximum absolute atomic E-state index is 11.8. The third-order valence-corrected chi connectivity index (χ3v) is 2.77.